The molecule has 0 saturated carbocycles. The Balaban J connectivity index is 3.17. The molecule has 1 atom stereocenters. The van der Waals surface area contributed by atoms with Crippen LogP contribution in [0.4, 0.5) is 0 Å². The molecule has 1 rings (SSSR count). The fourth-order valence-corrected chi connectivity index (χ4v) is 3.50. The summed E-state index contributed by atoms with van der Waals surface area (Å²) in [7, 11) is -2.08. The molecule has 0 heterocycles. The smallest absolute Gasteiger partial charge is 0.243 e. The third-order valence-electron chi connectivity index (χ3n) is 2.36. The second-order valence-corrected chi connectivity index (χ2v) is 6.97. The van der Waals surface area contributed by atoms with Crippen molar-refractivity contribution in [1.29, 1.82) is 0 Å². The minimum atomic E-state index is -3.54. The van der Waals surface area contributed by atoms with E-state index in [1.807, 2.05) is 0 Å². The van der Waals surface area contributed by atoms with E-state index in [0.29, 0.717) is 10.0 Å². The summed E-state index contributed by atoms with van der Waals surface area (Å²) in [6.07, 6.45) is -0.692. The van der Waals surface area contributed by atoms with Crippen molar-refractivity contribution in [3.05, 3.63) is 28.2 Å². The lowest BCUT2D eigenvalue weighted by Gasteiger charge is -2.19. The molecule has 0 aliphatic carbocycles. The lowest BCUT2D eigenvalue weighted by Crippen LogP contribution is -2.33. The quantitative estimate of drug-likeness (QED) is 0.919. The van der Waals surface area contributed by atoms with Gasteiger partial charge < -0.3 is 5.11 Å². The van der Waals surface area contributed by atoms with E-state index in [9.17, 15) is 13.5 Å². The van der Waals surface area contributed by atoms with E-state index < -0.39 is 16.1 Å². The van der Waals surface area contributed by atoms with E-state index in [0.717, 1.165) is 4.31 Å². The van der Waals surface area contributed by atoms with Gasteiger partial charge in [-0.05, 0) is 31.5 Å². The van der Waals surface area contributed by atoms with Gasteiger partial charge in [-0.15, -0.1) is 0 Å². The van der Waals surface area contributed by atoms with Crippen molar-refractivity contribution in [2.24, 2.45) is 0 Å². The maximum Gasteiger partial charge on any atom is 0.243 e. The lowest BCUT2D eigenvalue weighted by atomic mass is 10.2. The highest BCUT2D eigenvalue weighted by Gasteiger charge is 2.23. The molecule has 0 radical (unpaired) electrons. The lowest BCUT2D eigenvalue weighted by molar-refractivity contribution is 0.171. The van der Waals surface area contributed by atoms with Crippen LogP contribution in [0.25, 0.3) is 0 Å². The summed E-state index contributed by atoms with van der Waals surface area (Å²) in [6.45, 7) is 3.38. The first kappa shape index (κ1) is 14.6. The second kappa shape index (κ2) is 5.48. The van der Waals surface area contributed by atoms with Gasteiger partial charge in [-0.1, -0.05) is 22.0 Å². The largest absolute Gasteiger partial charge is 0.392 e. The Bertz CT molecular complexity index is 499. The van der Waals surface area contributed by atoms with Crippen LogP contribution in [0.1, 0.15) is 12.5 Å². The van der Waals surface area contributed by atoms with Gasteiger partial charge in [0.25, 0.3) is 0 Å². The van der Waals surface area contributed by atoms with Gasteiger partial charge in [-0.2, -0.15) is 4.31 Å². The third-order valence-corrected chi connectivity index (χ3v) is 4.82. The number of hydrogen-bond acceptors (Lipinski definition) is 3. The predicted octanol–water partition coefficient (Wildman–Crippen LogP) is 1.76. The summed E-state index contributed by atoms with van der Waals surface area (Å²) in [4.78, 5) is 0.259. The zero-order valence-electron chi connectivity index (χ0n) is 10.0. The van der Waals surface area contributed by atoms with Gasteiger partial charge in [0.2, 0.25) is 10.0 Å². The number of aliphatic hydroxyl groups is 1. The van der Waals surface area contributed by atoms with Gasteiger partial charge in [-0.25, -0.2) is 8.42 Å². The molecular weight excluding hydrogens is 306 g/mol. The Morgan fingerprint density at radius 2 is 2.06 bits per heavy atom. The van der Waals surface area contributed by atoms with Gasteiger partial charge in [0.05, 0.1) is 11.0 Å². The maximum absolute atomic E-state index is 12.2. The molecule has 1 aromatic rings. The molecule has 1 aromatic carbocycles. The summed E-state index contributed by atoms with van der Waals surface area (Å²) >= 11 is 3.26. The number of sulfonamides is 1. The van der Waals surface area contributed by atoms with Crippen LogP contribution in [-0.2, 0) is 10.0 Å². The third kappa shape index (κ3) is 3.51. The van der Waals surface area contributed by atoms with Crippen molar-refractivity contribution in [2.75, 3.05) is 13.6 Å². The number of aryl methyl sites for hydroxylation is 1. The van der Waals surface area contributed by atoms with Gasteiger partial charge in [-0.3, -0.25) is 0 Å². The summed E-state index contributed by atoms with van der Waals surface area (Å²) in [5, 5.41) is 9.24. The van der Waals surface area contributed by atoms with Crippen LogP contribution in [0.2, 0.25) is 0 Å². The average molecular weight is 322 g/mol. The van der Waals surface area contributed by atoms with Crippen molar-refractivity contribution in [3.8, 4) is 0 Å². The highest BCUT2D eigenvalue weighted by molar-refractivity contribution is 9.10. The number of benzene rings is 1. The molecule has 0 amide bonds. The van der Waals surface area contributed by atoms with E-state index in [2.05, 4.69) is 15.9 Å². The molecule has 96 valence electrons. The van der Waals surface area contributed by atoms with Gasteiger partial charge in [0, 0.05) is 18.1 Å². The Kier molecular flexibility index (Phi) is 4.71. The molecule has 6 heteroatoms. The number of halogens is 1. The normalized spacial score (nSPS) is 14.0. The minimum absolute atomic E-state index is 0.0777. The van der Waals surface area contributed by atoms with Crippen LogP contribution in [0.3, 0.4) is 0 Å². The second-order valence-electron chi connectivity index (χ2n) is 4.04. The summed E-state index contributed by atoms with van der Waals surface area (Å²) < 4.78 is 26.3. The first-order valence-corrected chi connectivity index (χ1v) is 7.39. The Morgan fingerprint density at radius 1 is 1.47 bits per heavy atom. The van der Waals surface area contributed by atoms with Gasteiger partial charge >= 0.3 is 0 Å². The number of hydrogen-bond donors (Lipinski definition) is 1. The van der Waals surface area contributed by atoms with E-state index in [-0.39, 0.29) is 11.4 Å². The summed E-state index contributed by atoms with van der Waals surface area (Å²) in [6, 6.07) is 5.11. The molecule has 0 fully saturated rings. The van der Waals surface area contributed by atoms with Crippen molar-refractivity contribution in [1.82, 2.24) is 4.31 Å². The van der Waals surface area contributed by atoms with Crippen LogP contribution in [0.15, 0.2) is 27.6 Å². The van der Waals surface area contributed by atoms with Gasteiger partial charge in [0.1, 0.15) is 0 Å². The van der Waals surface area contributed by atoms with Crippen LogP contribution in [0, 0.1) is 6.92 Å². The fourth-order valence-electron chi connectivity index (χ4n) is 1.49. The van der Waals surface area contributed by atoms with Crippen LogP contribution < -0.4 is 0 Å². The van der Waals surface area contributed by atoms with Crippen molar-refractivity contribution in [3.63, 3.8) is 0 Å². The molecule has 0 saturated heterocycles. The maximum atomic E-state index is 12.2. The van der Waals surface area contributed by atoms with E-state index in [4.69, 9.17) is 0 Å². The van der Waals surface area contributed by atoms with Crippen molar-refractivity contribution in [2.45, 2.75) is 24.8 Å². The molecule has 0 aliphatic heterocycles. The number of nitrogens with zero attached hydrogens (tertiary/aromatic N) is 1. The standard InChI is InChI=1S/C11H16BrNO3S/c1-8-4-5-10(12)6-11(8)17(15,16)13(3)7-9(2)14/h4-6,9,14H,7H2,1-3H3. The predicted molar refractivity (Wildman–Crippen MR) is 70.4 cm³/mol. The Morgan fingerprint density at radius 3 is 2.59 bits per heavy atom. The molecule has 0 bridgehead atoms. The molecule has 0 aromatic heterocycles. The monoisotopic (exact) mass is 321 g/mol. The van der Waals surface area contributed by atoms with Crippen LogP contribution in [0.5, 0.6) is 0 Å². The summed E-state index contributed by atoms with van der Waals surface area (Å²) in [5.41, 5.74) is 0.686. The van der Waals surface area contributed by atoms with E-state index >= 15 is 0 Å². The highest BCUT2D eigenvalue weighted by atomic mass is 79.9. The number of aliphatic hydroxyl groups excluding tert-OH is 1. The van der Waals surface area contributed by atoms with Crippen LogP contribution >= 0.6 is 15.9 Å². The topological polar surface area (TPSA) is 57.6 Å². The SMILES string of the molecule is Cc1ccc(Br)cc1S(=O)(=O)N(C)CC(C)O. The molecule has 17 heavy (non-hydrogen) atoms. The summed E-state index contributed by atoms with van der Waals surface area (Å²) in [5.74, 6) is 0. The average Bonchev–Trinajstić information content (AvgIpc) is 2.20. The Hall–Kier alpha value is -0.430. The molecule has 1 N–H and O–H groups in total. The zero-order valence-corrected chi connectivity index (χ0v) is 12.4. The van der Waals surface area contributed by atoms with Crippen molar-refractivity contribution < 1.29 is 13.5 Å². The molecular formula is C11H16BrNO3S. The molecule has 0 aliphatic rings. The first-order valence-electron chi connectivity index (χ1n) is 5.15. The molecule has 4 nitrogen and oxygen atoms in total. The first-order chi connectivity index (χ1) is 7.75. The Labute approximate surface area is 110 Å². The fraction of sp³-hybridized carbons (Fsp3) is 0.455. The molecule has 0 spiro atoms. The molecule has 1 unspecified atom stereocenters. The van der Waals surface area contributed by atoms with E-state index in [1.54, 1.807) is 32.0 Å². The number of rotatable bonds is 4. The van der Waals surface area contributed by atoms with Gasteiger partial charge in [0.15, 0.2) is 0 Å². The van der Waals surface area contributed by atoms with Crippen molar-refractivity contribution >= 4 is 26.0 Å². The van der Waals surface area contributed by atoms with Crippen LogP contribution in [-0.4, -0.2) is 37.5 Å². The zero-order chi connectivity index (χ0) is 13.2. The number of likely N-dealkylation sites (N-methyl/N-ethyl adjacent to an activating group) is 1. The minimum Gasteiger partial charge on any atom is -0.392 e. The van der Waals surface area contributed by atoms with E-state index in [1.165, 1.54) is 7.05 Å². The highest BCUT2D eigenvalue weighted by Crippen LogP contribution is 2.23.